The zero-order valence-electron chi connectivity index (χ0n) is 15.4. The standard InChI is InChI=1S/C18H24N4O5S/c23-11-15(17(26)21-18-19-1-6-28-18)20-16(25)13-7-12(8-14(24)9-13)10-22-2-4-27-5-3-22/h7-9,15,23-24H,1-6,10-11H2,(H,20,25)(H,19,21,26)/t15-/m0/s1. The summed E-state index contributed by atoms with van der Waals surface area (Å²) in [5.74, 6) is -0.314. The molecule has 0 unspecified atom stereocenters. The van der Waals surface area contributed by atoms with Crippen LogP contribution < -0.4 is 10.6 Å². The Labute approximate surface area is 167 Å². The number of thioether (sulfide) groups is 1. The molecular weight excluding hydrogens is 384 g/mol. The summed E-state index contributed by atoms with van der Waals surface area (Å²) in [6.07, 6.45) is 0. The van der Waals surface area contributed by atoms with Crippen LogP contribution in [0.5, 0.6) is 5.75 Å². The molecule has 2 aliphatic heterocycles. The minimum absolute atomic E-state index is 0.0300. The van der Waals surface area contributed by atoms with Crippen LogP contribution in [0.4, 0.5) is 0 Å². The van der Waals surface area contributed by atoms with E-state index >= 15 is 0 Å². The summed E-state index contributed by atoms with van der Waals surface area (Å²) in [4.78, 5) is 31.1. The Morgan fingerprint density at radius 2 is 2.07 bits per heavy atom. The zero-order chi connectivity index (χ0) is 19.9. The zero-order valence-corrected chi connectivity index (χ0v) is 16.2. The van der Waals surface area contributed by atoms with Crippen molar-refractivity contribution in [2.75, 3.05) is 45.2 Å². The van der Waals surface area contributed by atoms with Gasteiger partial charge < -0.3 is 25.6 Å². The van der Waals surface area contributed by atoms with Crippen LogP contribution in [-0.2, 0) is 16.1 Å². The molecule has 10 heteroatoms. The topological polar surface area (TPSA) is 123 Å². The summed E-state index contributed by atoms with van der Waals surface area (Å²) >= 11 is 1.41. The number of hydrogen-bond acceptors (Lipinski definition) is 8. The average molecular weight is 408 g/mol. The first-order valence-electron chi connectivity index (χ1n) is 9.08. The third-order valence-electron chi connectivity index (χ3n) is 4.37. The Balaban J connectivity index is 1.63. The quantitative estimate of drug-likeness (QED) is 0.502. The summed E-state index contributed by atoms with van der Waals surface area (Å²) in [7, 11) is 0. The fraction of sp³-hybridized carbons (Fsp3) is 0.500. The molecule has 0 radical (unpaired) electrons. The molecule has 3 rings (SSSR count). The van der Waals surface area contributed by atoms with Crippen LogP contribution in [0.1, 0.15) is 15.9 Å². The molecule has 1 fully saturated rings. The Hall–Kier alpha value is -2.14. The largest absolute Gasteiger partial charge is 0.508 e. The van der Waals surface area contributed by atoms with Crippen LogP contribution in [0.3, 0.4) is 0 Å². The van der Waals surface area contributed by atoms with E-state index in [4.69, 9.17) is 4.74 Å². The lowest BCUT2D eigenvalue weighted by Crippen LogP contribution is -2.49. The molecule has 0 saturated carbocycles. The molecular formula is C18H24N4O5S. The van der Waals surface area contributed by atoms with E-state index in [1.165, 1.54) is 17.8 Å². The summed E-state index contributed by atoms with van der Waals surface area (Å²) in [5.41, 5.74) is 1.01. The van der Waals surface area contributed by atoms with Crippen molar-refractivity contribution in [2.24, 2.45) is 4.99 Å². The fourth-order valence-electron chi connectivity index (χ4n) is 2.95. The van der Waals surface area contributed by atoms with E-state index in [2.05, 4.69) is 20.5 Å². The molecule has 9 nitrogen and oxygen atoms in total. The maximum atomic E-state index is 12.6. The molecule has 0 aromatic heterocycles. The molecule has 1 aromatic rings. The molecule has 2 amide bonds. The lowest BCUT2D eigenvalue weighted by molar-refractivity contribution is -0.122. The number of phenolic OH excluding ortho intramolecular Hbond substituents is 1. The SMILES string of the molecule is O=C(N[C@@H](CO)C(=O)NC1=NCCS1)c1cc(O)cc(CN2CCOCC2)c1. The Kier molecular flexibility index (Phi) is 7.26. The second kappa shape index (κ2) is 9.87. The monoisotopic (exact) mass is 408 g/mol. The van der Waals surface area contributed by atoms with Gasteiger partial charge >= 0.3 is 0 Å². The van der Waals surface area contributed by atoms with Gasteiger partial charge in [-0.15, -0.1) is 0 Å². The van der Waals surface area contributed by atoms with Crippen LogP contribution >= 0.6 is 11.8 Å². The second-order valence-corrected chi connectivity index (χ2v) is 7.59. The fourth-order valence-corrected chi connectivity index (χ4v) is 3.68. The Bertz CT molecular complexity index is 751. The predicted molar refractivity (Wildman–Crippen MR) is 105 cm³/mol. The van der Waals surface area contributed by atoms with E-state index < -0.39 is 24.5 Å². The van der Waals surface area contributed by atoms with Crippen molar-refractivity contribution >= 4 is 28.7 Å². The van der Waals surface area contributed by atoms with Crippen LogP contribution in [0.2, 0.25) is 0 Å². The molecule has 152 valence electrons. The smallest absolute Gasteiger partial charge is 0.252 e. The van der Waals surface area contributed by atoms with Crippen molar-refractivity contribution in [1.82, 2.24) is 15.5 Å². The molecule has 1 saturated heterocycles. The van der Waals surface area contributed by atoms with Gasteiger partial charge in [-0.1, -0.05) is 11.8 Å². The second-order valence-electron chi connectivity index (χ2n) is 6.51. The van der Waals surface area contributed by atoms with Gasteiger partial charge in [0.05, 0.1) is 26.4 Å². The van der Waals surface area contributed by atoms with Gasteiger partial charge in [0.15, 0.2) is 5.17 Å². The summed E-state index contributed by atoms with van der Waals surface area (Å²) < 4.78 is 5.32. The van der Waals surface area contributed by atoms with Gasteiger partial charge in [0.2, 0.25) is 0 Å². The molecule has 0 aliphatic carbocycles. The van der Waals surface area contributed by atoms with Crippen molar-refractivity contribution in [3.63, 3.8) is 0 Å². The lowest BCUT2D eigenvalue weighted by Gasteiger charge is -2.26. The first-order chi connectivity index (χ1) is 13.5. The van der Waals surface area contributed by atoms with Gasteiger partial charge in [-0.05, 0) is 23.8 Å². The molecule has 2 aliphatic rings. The first-order valence-corrected chi connectivity index (χ1v) is 10.1. The van der Waals surface area contributed by atoms with E-state index in [9.17, 15) is 19.8 Å². The predicted octanol–water partition coefficient (Wildman–Crippen LogP) is -0.466. The summed E-state index contributed by atoms with van der Waals surface area (Å²) in [6, 6.07) is 3.51. The number of carbonyl (C=O) groups is 2. The number of aliphatic hydroxyl groups is 1. The summed E-state index contributed by atoms with van der Waals surface area (Å²) in [5, 5.41) is 25.1. The maximum absolute atomic E-state index is 12.6. The Morgan fingerprint density at radius 3 is 2.75 bits per heavy atom. The van der Waals surface area contributed by atoms with E-state index in [-0.39, 0.29) is 11.3 Å². The number of rotatable bonds is 6. The Morgan fingerprint density at radius 1 is 1.29 bits per heavy atom. The average Bonchev–Trinajstić information content (AvgIpc) is 3.19. The number of benzene rings is 1. The number of aromatic hydroxyl groups is 1. The van der Waals surface area contributed by atoms with Crippen molar-refractivity contribution in [2.45, 2.75) is 12.6 Å². The van der Waals surface area contributed by atoms with Crippen LogP contribution in [0.15, 0.2) is 23.2 Å². The highest BCUT2D eigenvalue weighted by Gasteiger charge is 2.23. The lowest BCUT2D eigenvalue weighted by atomic mass is 10.1. The highest BCUT2D eigenvalue weighted by atomic mass is 32.2. The van der Waals surface area contributed by atoms with Gasteiger partial charge in [0.25, 0.3) is 11.8 Å². The number of morpholine rings is 1. The van der Waals surface area contributed by atoms with Gasteiger partial charge in [0, 0.05) is 31.0 Å². The normalized spacial score (nSPS) is 18.4. The highest BCUT2D eigenvalue weighted by molar-refractivity contribution is 8.14. The van der Waals surface area contributed by atoms with Gasteiger partial charge in [-0.3, -0.25) is 19.5 Å². The number of nitrogens with one attached hydrogen (secondary N) is 2. The number of amidine groups is 1. The number of nitrogens with zero attached hydrogens (tertiary/aromatic N) is 2. The molecule has 0 bridgehead atoms. The number of ether oxygens (including phenoxy) is 1. The third kappa shape index (κ3) is 5.68. The van der Waals surface area contributed by atoms with Gasteiger partial charge in [-0.25, -0.2) is 0 Å². The van der Waals surface area contributed by atoms with Gasteiger partial charge in [0.1, 0.15) is 11.8 Å². The van der Waals surface area contributed by atoms with E-state index in [1.54, 1.807) is 12.1 Å². The number of hydrogen-bond donors (Lipinski definition) is 4. The minimum Gasteiger partial charge on any atom is -0.508 e. The van der Waals surface area contributed by atoms with Crippen LogP contribution in [-0.4, -0.2) is 83.3 Å². The molecule has 0 spiro atoms. The van der Waals surface area contributed by atoms with Crippen molar-refractivity contribution in [3.05, 3.63) is 29.3 Å². The van der Waals surface area contributed by atoms with Crippen molar-refractivity contribution in [3.8, 4) is 5.75 Å². The summed E-state index contributed by atoms with van der Waals surface area (Å²) in [6.45, 7) is 3.54. The van der Waals surface area contributed by atoms with Crippen LogP contribution in [0.25, 0.3) is 0 Å². The minimum atomic E-state index is -1.11. The first kappa shape index (κ1) is 20.6. The molecule has 4 N–H and O–H groups in total. The van der Waals surface area contributed by atoms with E-state index in [1.807, 2.05) is 0 Å². The number of aliphatic imine (C=N–C) groups is 1. The molecule has 28 heavy (non-hydrogen) atoms. The molecule has 1 aromatic carbocycles. The van der Waals surface area contributed by atoms with Crippen molar-refractivity contribution in [1.29, 1.82) is 0 Å². The van der Waals surface area contributed by atoms with Crippen LogP contribution in [0, 0.1) is 0 Å². The number of carbonyl (C=O) groups excluding carboxylic acids is 2. The highest BCUT2D eigenvalue weighted by Crippen LogP contribution is 2.18. The number of aliphatic hydroxyl groups excluding tert-OH is 1. The third-order valence-corrected chi connectivity index (χ3v) is 5.26. The van der Waals surface area contributed by atoms with E-state index in [0.29, 0.717) is 31.5 Å². The van der Waals surface area contributed by atoms with E-state index in [0.717, 1.165) is 24.4 Å². The van der Waals surface area contributed by atoms with Crippen molar-refractivity contribution < 1.29 is 24.5 Å². The number of amides is 2. The molecule has 1 atom stereocenters. The molecule has 2 heterocycles. The maximum Gasteiger partial charge on any atom is 0.252 e. The number of phenols is 1. The van der Waals surface area contributed by atoms with Gasteiger partial charge in [-0.2, -0.15) is 0 Å².